The second kappa shape index (κ2) is 11.4. The van der Waals surface area contributed by atoms with Gasteiger partial charge in [0.2, 0.25) is 0 Å². The van der Waals surface area contributed by atoms with Crippen molar-refractivity contribution < 1.29 is 4.42 Å². The summed E-state index contributed by atoms with van der Waals surface area (Å²) in [6.45, 7) is 0. The van der Waals surface area contributed by atoms with E-state index in [1.165, 1.54) is 10.8 Å². The number of rotatable bonds is 5. The lowest BCUT2D eigenvalue weighted by molar-refractivity contribution is 0.409. The van der Waals surface area contributed by atoms with Gasteiger partial charge in [0.25, 0.3) is 0 Å². The molecule has 0 bridgehead atoms. The summed E-state index contributed by atoms with van der Waals surface area (Å²) >= 11 is 0. The molecular weight excluding hydrogens is 574 g/mol. The largest absolute Gasteiger partial charge is 0.455 e. The number of furan rings is 1. The van der Waals surface area contributed by atoms with Gasteiger partial charge in [-0.3, -0.25) is 5.32 Å². The van der Waals surface area contributed by atoms with Crippen molar-refractivity contribution in [3.8, 4) is 22.3 Å². The van der Waals surface area contributed by atoms with Gasteiger partial charge >= 0.3 is 0 Å². The maximum absolute atomic E-state index is 6.52. The van der Waals surface area contributed by atoms with E-state index in [0.29, 0.717) is 0 Å². The van der Waals surface area contributed by atoms with E-state index in [1.54, 1.807) is 0 Å². The fraction of sp³-hybridized carbons (Fsp3) is 0.0465. The van der Waals surface area contributed by atoms with Crippen molar-refractivity contribution in [2.75, 3.05) is 0 Å². The van der Waals surface area contributed by atoms with Crippen LogP contribution in [-0.4, -0.2) is 5.84 Å². The van der Waals surface area contributed by atoms with E-state index < -0.39 is 0 Å². The molecule has 4 heteroatoms. The van der Waals surface area contributed by atoms with Gasteiger partial charge in [0.15, 0.2) is 0 Å². The van der Waals surface area contributed by atoms with E-state index in [1.807, 2.05) is 24.3 Å². The molecule has 224 valence electrons. The number of hydrogen-bond acceptors (Lipinski definition) is 4. The Hall–Kier alpha value is -5.97. The number of hydrogen-bond donors (Lipinski definition) is 2. The third-order valence-electron chi connectivity index (χ3n) is 9.17. The van der Waals surface area contributed by atoms with Crippen LogP contribution in [0.2, 0.25) is 0 Å². The van der Waals surface area contributed by atoms with E-state index in [0.717, 1.165) is 66.7 Å². The molecular formula is C43H31N3O. The first-order valence-corrected chi connectivity index (χ1v) is 16.0. The standard InChI is InChI=1S/C43H31N3O/c1-3-13-30(14-4-1)41-44-42(31-15-5-2-6-16-31)46-43(45-41)36-21-10-9-18-33(36)28-23-25-29(26-24-28)39-34-19-8-7-17-32(34)27-37-35-20-11-12-22-38(35)47-40(37)39/h1-27,41,43,45H,(H,44,46). The van der Waals surface area contributed by atoms with Crippen molar-refractivity contribution in [3.63, 3.8) is 0 Å². The maximum Gasteiger partial charge on any atom is 0.143 e. The molecule has 1 aromatic heterocycles. The van der Waals surface area contributed by atoms with Gasteiger partial charge in [0.05, 0.1) is 0 Å². The molecule has 2 heterocycles. The molecule has 0 amide bonds. The average molecular weight is 606 g/mol. The third-order valence-corrected chi connectivity index (χ3v) is 9.17. The lowest BCUT2D eigenvalue weighted by Crippen LogP contribution is -2.45. The zero-order valence-corrected chi connectivity index (χ0v) is 25.6. The molecule has 9 rings (SSSR count). The first-order chi connectivity index (χ1) is 23.3. The maximum atomic E-state index is 6.52. The summed E-state index contributed by atoms with van der Waals surface area (Å²) in [5.74, 6) is 0.874. The summed E-state index contributed by atoms with van der Waals surface area (Å²) in [6.07, 6.45) is -0.345. The van der Waals surface area contributed by atoms with Gasteiger partial charge in [-0.15, -0.1) is 0 Å². The Balaban J connectivity index is 1.13. The zero-order valence-electron chi connectivity index (χ0n) is 25.6. The Labute approximate surface area is 273 Å². The molecule has 8 aromatic rings. The van der Waals surface area contributed by atoms with Gasteiger partial charge in [-0.05, 0) is 50.7 Å². The highest BCUT2D eigenvalue weighted by Gasteiger charge is 2.27. The van der Waals surface area contributed by atoms with E-state index in [-0.39, 0.29) is 12.3 Å². The van der Waals surface area contributed by atoms with Crippen molar-refractivity contribution >= 4 is 38.5 Å². The van der Waals surface area contributed by atoms with E-state index in [4.69, 9.17) is 9.41 Å². The average Bonchev–Trinajstić information content (AvgIpc) is 3.52. The minimum atomic E-state index is -0.189. The smallest absolute Gasteiger partial charge is 0.143 e. The first-order valence-electron chi connectivity index (χ1n) is 16.0. The summed E-state index contributed by atoms with van der Waals surface area (Å²) in [4.78, 5) is 5.10. The molecule has 1 aliphatic rings. The Kier molecular flexibility index (Phi) is 6.65. The Morgan fingerprint density at radius 2 is 1.19 bits per heavy atom. The van der Waals surface area contributed by atoms with Crippen LogP contribution >= 0.6 is 0 Å². The molecule has 47 heavy (non-hydrogen) atoms. The van der Waals surface area contributed by atoms with Crippen LogP contribution in [0.25, 0.3) is 55.0 Å². The lowest BCUT2D eigenvalue weighted by Gasteiger charge is -2.33. The second-order valence-electron chi connectivity index (χ2n) is 12.0. The van der Waals surface area contributed by atoms with E-state index in [9.17, 15) is 0 Å². The van der Waals surface area contributed by atoms with Gasteiger partial charge in [0, 0.05) is 21.9 Å². The fourth-order valence-corrected chi connectivity index (χ4v) is 6.90. The molecule has 7 aromatic carbocycles. The second-order valence-corrected chi connectivity index (χ2v) is 12.0. The van der Waals surface area contributed by atoms with Gasteiger partial charge in [-0.1, -0.05) is 152 Å². The van der Waals surface area contributed by atoms with Crippen LogP contribution in [0.15, 0.2) is 173 Å². The number of fused-ring (bicyclic) bond motifs is 4. The summed E-state index contributed by atoms with van der Waals surface area (Å²) in [7, 11) is 0. The third kappa shape index (κ3) is 4.87. The van der Waals surface area contributed by atoms with Crippen LogP contribution in [0.3, 0.4) is 0 Å². The van der Waals surface area contributed by atoms with Gasteiger partial charge in [-0.25, -0.2) is 4.99 Å². The highest BCUT2D eigenvalue weighted by molar-refractivity contribution is 6.18. The van der Waals surface area contributed by atoms with E-state index in [2.05, 4.69) is 150 Å². The number of aliphatic imine (C=N–C) groups is 1. The minimum Gasteiger partial charge on any atom is -0.455 e. The molecule has 0 saturated carbocycles. The highest BCUT2D eigenvalue weighted by Crippen LogP contribution is 2.42. The quantitative estimate of drug-likeness (QED) is 0.205. The fourth-order valence-electron chi connectivity index (χ4n) is 6.90. The van der Waals surface area contributed by atoms with Crippen molar-refractivity contribution in [1.82, 2.24) is 10.6 Å². The molecule has 1 aliphatic heterocycles. The number of para-hydroxylation sites is 1. The summed E-state index contributed by atoms with van der Waals surface area (Å²) in [6, 6.07) is 57.5. The number of nitrogens with zero attached hydrogens (tertiary/aromatic N) is 1. The molecule has 2 N–H and O–H groups in total. The predicted molar refractivity (Wildman–Crippen MR) is 193 cm³/mol. The van der Waals surface area contributed by atoms with Crippen LogP contribution in [0.1, 0.15) is 29.0 Å². The molecule has 0 radical (unpaired) electrons. The molecule has 0 aliphatic carbocycles. The highest BCUT2D eigenvalue weighted by atomic mass is 16.3. The van der Waals surface area contributed by atoms with Crippen molar-refractivity contribution in [2.24, 2.45) is 4.99 Å². The molecule has 4 nitrogen and oxygen atoms in total. The number of benzene rings is 7. The Morgan fingerprint density at radius 1 is 0.532 bits per heavy atom. The molecule has 2 atom stereocenters. The van der Waals surface area contributed by atoms with Crippen molar-refractivity contribution in [1.29, 1.82) is 0 Å². The monoisotopic (exact) mass is 605 g/mol. The Bertz CT molecular complexity index is 2410. The number of nitrogens with one attached hydrogen (secondary N) is 2. The van der Waals surface area contributed by atoms with Gasteiger partial charge < -0.3 is 9.73 Å². The molecule has 0 saturated heterocycles. The Morgan fingerprint density at radius 3 is 2.02 bits per heavy atom. The SMILES string of the molecule is c1ccc(C2=NC(c3ccccc3)NC(c3ccccc3-c3ccc(-c4c5ccccc5cc5c4oc4ccccc45)cc3)N2)cc1. The van der Waals surface area contributed by atoms with Crippen LogP contribution in [0, 0.1) is 0 Å². The van der Waals surface area contributed by atoms with Gasteiger partial charge in [-0.2, -0.15) is 0 Å². The van der Waals surface area contributed by atoms with Crippen molar-refractivity contribution in [2.45, 2.75) is 12.3 Å². The lowest BCUT2D eigenvalue weighted by atomic mass is 9.92. The summed E-state index contributed by atoms with van der Waals surface area (Å²) < 4.78 is 6.52. The summed E-state index contributed by atoms with van der Waals surface area (Å²) in [5.41, 5.74) is 9.75. The topological polar surface area (TPSA) is 49.6 Å². The normalized spacial score (nSPS) is 16.3. The van der Waals surface area contributed by atoms with Crippen LogP contribution < -0.4 is 10.6 Å². The summed E-state index contributed by atoms with van der Waals surface area (Å²) in [5, 5.41) is 12.2. The minimum absolute atomic E-state index is 0.156. The van der Waals surface area contributed by atoms with Crippen molar-refractivity contribution in [3.05, 3.63) is 180 Å². The zero-order chi connectivity index (χ0) is 31.2. The predicted octanol–water partition coefficient (Wildman–Crippen LogP) is 10.4. The van der Waals surface area contributed by atoms with Gasteiger partial charge in [0.1, 0.15) is 29.3 Å². The van der Waals surface area contributed by atoms with Crippen LogP contribution in [-0.2, 0) is 0 Å². The van der Waals surface area contributed by atoms with Crippen LogP contribution in [0.5, 0.6) is 0 Å². The van der Waals surface area contributed by atoms with E-state index >= 15 is 0 Å². The molecule has 0 fully saturated rings. The number of amidine groups is 1. The molecule has 2 unspecified atom stereocenters. The van der Waals surface area contributed by atoms with Crippen LogP contribution in [0.4, 0.5) is 0 Å². The molecule has 0 spiro atoms. The first kappa shape index (κ1) is 27.3.